The Balaban J connectivity index is 1.41. The number of carbonyl (C=O) groups excluding carboxylic acids is 2. The van der Waals surface area contributed by atoms with Crippen LogP contribution in [0, 0.1) is 12.7 Å². The molecule has 2 aromatic rings. The maximum absolute atomic E-state index is 13.4. The molecule has 152 valence electrons. The van der Waals surface area contributed by atoms with Gasteiger partial charge in [0.15, 0.2) is 0 Å². The molecule has 0 radical (unpaired) electrons. The summed E-state index contributed by atoms with van der Waals surface area (Å²) in [6.07, 6.45) is 4.40. The van der Waals surface area contributed by atoms with E-state index in [1.807, 2.05) is 36.1 Å². The van der Waals surface area contributed by atoms with Crippen molar-refractivity contribution in [3.8, 4) is 0 Å². The summed E-state index contributed by atoms with van der Waals surface area (Å²) in [5.74, 6) is -0.678. The topological polar surface area (TPSA) is 61.4 Å². The van der Waals surface area contributed by atoms with Gasteiger partial charge in [0.05, 0.1) is 0 Å². The lowest BCUT2D eigenvalue weighted by molar-refractivity contribution is 0.0577. The van der Waals surface area contributed by atoms with Gasteiger partial charge in [0.25, 0.3) is 5.91 Å². The fraction of sp³-hybridized carbons (Fsp3) is 0.391. The molecule has 3 atom stereocenters. The highest BCUT2D eigenvalue weighted by Gasteiger charge is 2.41. The van der Waals surface area contributed by atoms with Gasteiger partial charge in [-0.2, -0.15) is 0 Å². The molecule has 2 fully saturated rings. The summed E-state index contributed by atoms with van der Waals surface area (Å²) >= 11 is 0. The van der Waals surface area contributed by atoms with Crippen LogP contribution in [0.15, 0.2) is 48.5 Å². The Morgan fingerprint density at radius 2 is 1.72 bits per heavy atom. The lowest BCUT2D eigenvalue weighted by Crippen LogP contribution is -2.59. The SMILES string of the molecule is Cc1ccc(NC(=O)N2[C@@H]3CCC[C@H]2CC(NC(=O)c2cccc(F)c2)C3)cc1. The van der Waals surface area contributed by atoms with Crippen molar-refractivity contribution in [1.29, 1.82) is 0 Å². The average molecular weight is 395 g/mol. The Bertz CT molecular complexity index is 885. The van der Waals surface area contributed by atoms with Crippen molar-refractivity contribution < 1.29 is 14.0 Å². The van der Waals surface area contributed by atoms with Gasteiger partial charge in [-0.05, 0) is 69.4 Å². The molecule has 0 spiro atoms. The Morgan fingerprint density at radius 3 is 2.38 bits per heavy atom. The molecule has 5 nitrogen and oxygen atoms in total. The lowest BCUT2D eigenvalue weighted by atomic mass is 9.82. The third kappa shape index (κ3) is 4.42. The summed E-state index contributed by atoms with van der Waals surface area (Å²) in [5.41, 5.74) is 2.27. The van der Waals surface area contributed by atoms with Crippen molar-refractivity contribution in [3.63, 3.8) is 0 Å². The van der Waals surface area contributed by atoms with Gasteiger partial charge in [0.1, 0.15) is 5.82 Å². The quantitative estimate of drug-likeness (QED) is 0.805. The zero-order valence-electron chi connectivity index (χ0n) is 16.5. The van der Waals surface area contributed by atoms with Gasteiger partial charge in [0, 0.05) is 29.4 Å². The van der Waals surface area contributed by atoms with E-state index in [1.165, 1.54) is 18.2 Å². The Hall–Kier alpha value is -2.89. The Morgan fingerprint density at radius 1 is 1.03 bits per heavy atom. The number of piperidine rings is 2. The maximum atomic E-state index is 13.4. The van der Waals surface area contributed by atoms with E-state index < -0.39 is 5.82 Å². The maximum Gasteiger partial charge on any atom is 0.322 e. The molecule has 29 heavy (non-hydrogen) atoms. The van der Waals surface area contributed by atoms with Crippen molar-refractivity contribution in [1.82, 2.24) is 10.2 Å². The van der Waals surface area contributed by atoms with Crippen molar-refractivity contribution in [2.24, 2.45) is 0 Å². The minimum atomic E-state index is -0.419. The summed E-state index contributed by atoms with van der Waals surface area (Å²) in [7, 11) is 0. The molecule has 2 aromatic carbocycles. The van der Waals surface area contributed by atoms with Crippen molar-refractivity contribution >= 4 is 17.6 Å². The van der Waals surface area contributed by atoms with Gasteiger partial charge in [-0.25, -0.2) is 9.18 Å². The first-order chi connectivity index (χ1) is 14.0. The van der Waals surface area contributed by atoms with E-state index >= 15 is 0 Å². The molecule has 6 heteroatoms. The number of hydrogen-bond acceptors (Lipinski definition) is 2. The van der Waals surface area contributed by atoms with Gasteiger partial charge < -0.3 is 15.5 Å². The second-order valence-corrected chi connectivity index (χ2v) is 8.09. The smallest absolute Gasteiger partial charge is 0.322 e. The normalized spacial score (nSPS) is 23.4. The van der Waals surface area contributed by atoms with Crippen LogP contribution in [0.4, 0.5) is 14.9 Å². The first-order valence-electron chi connectivity index (χ1n) is 10.2. The molecule has 1 unspecified atom stereocenters. The van der Waals surface area contributed by atoms with Gasteiger partial charge in [-0.15, -0.1) is 0 Å². The van der Waals surface area contributed by atoms with Gasteiger partial charge in [0.2, 0.25) is 0 Å². The molecule has 4 rings (SSSR count). The molecule has 2 heterocycles. The molecule has 2 N–H and O–H groups in total. The number of fused-ring (bicyclic) bond motifs is 2. The number of hydrogen-bond donors (Lipinski definition) is 2. The summed E-state index contributed by atoms with van der Waals surface area (Å²) in [4.78, 5) is 27.4. The minimum absolute atomic E-state index is 0.00973. The largest absolute Gasteiger partial charge is 0.349 e. The second-order valence-electron chi connectivity index (χ2n) is 8.09. The monoisotopic (exact) mass is 395 g/mol. The number of nitrogens with zero attached hydrogens (tertiary/aromatic N) is 1. The first-order valence-corrected chi connectivity index (χ1v) is 10.2. The predicted molar refractivity (Wildman–Crippen MR) is 110 cm³/mol. The lowest BCUT2D eigenvalue weighted by Gasteiger charge is -2.48. The molecule has 3 amide bonds. The number of benzene rings is 2. The number of halogens is 1. The Labute approximate surface area is 170 Å². The van der Waals surface area contributed by atoms with E-state index in [2.05, 4.69) is 10.6 Å². The number of nitrogens with one attached hydrogen (secondary N) is 2. The highest BCUT2D eigenvalue weighted by Crippen LogP contribution is 2.34. The third-order valence-electron chi connectivity index (χ3n) is 5.93. The fourth-order valence-corrected chi connectivity index (χ4v) is 4.55. The molecule has 2 bridgehead atoms. The average Bonchev–Trinajstić information content (AvgIpc) is 2.69. The number of rotatable bonds is 3. The second kappa shape index (κ2) is 8.23. The van der Waals surface area contributed by atoms with Crippen LogP contribution in [-0.2, 0) is 0 Å². The van der Waals surface area contributed by atoms with Crippen LogP contribution in [0.25, 0.3) is 0 Å². The van der Waals surface area contributed by atoms with Crippen molar-refractivity contribution in [3.05, 3.63) is 65.5 Å². The van der Waals surface area contributed by atoms with E-state index in [4.69, 9.17) is 0 Å². The van der Waals surface area contributed by atoms with E-state index in [0.717, 1.165) is 43.4 Å². The number of urea groups is 1. The summed E-state index contributed by atoms with van der Waals surface area (Å²) < 4.78 is 13.4. The molecule has 0 aliphatic carbocycles. The van der Waals surface area contributed by atoms with Crippen LogP contribution in [0.3, 0.4) is 0 Å². The van der Waals surface area contributed by atoms with Gasteiger partial charge in [-0.1, -0.05) is 23.8 Å². The summed E-state index contributed by atoms with van der Waals surface area (Å²) in [5, 5.41) is 6.06. The number of anilines is 1. The molecular weight excluding hydrogens is 369 g/mol. The third-order valence-corrected chi connectivity index (χ3v) is 5.93. The van der Waals surface area contributed by atoms with Crippen LogP contribution in [-0.4, -0.2) is 35.0 Å². The molecular formula is C23H26FN3O2. The van der Waals surface area contributed by atoms with E-state index in [0.29, 0.717) is 5.56 Å². The molecule has 2 saturated heterocycles. The molecule has 0 saturated carbocycles. The van der Waals surface area contributed by atoms with Crippen LogP contribution in [0.1, 0.15) is 48.0 Å². The van der Waals surface area contributed by atoms with Crippen molar-refractivity contribution in [2.45, 2.75) is 57.2 Å². The zero-order valence-corrected chi connectivity index (χ0v) is 16.5. The van der Waals surface area contributed by atoms with Gasteiger partial charge in [-0.3, -0.25) is 4.79 Å². The number of aryl methyl sites for hydroxylation is 1. The molecule has 2 aliphatic heterocycles. The number of amides is 3. The minimum Gasteiger partial charge on any atom is -0.349 e. The fourth-order valence-electron chi connectivity index (χ4n) is 4.55. The van der Waals surface area contributed by atoms with E-state index in [-0.39, 0.29) is 30.1 Å². The van der Waals surface area contributed by atoms with E-state index in [1.54, 1.807) is 6.07 Å². The predicted octanol–water partition coefficient (Wildman–Crippen LogP) is 4.48. The number of carbonyl (C=O) groups is 2. The van der Waals surface area contributed by atoms with Crippen LogP contribution < -0.4 is 10.6 Å². The Kier molecular flexibility index (Phi) is 5.51. The highest BCUT2D eigenvalue weighted by atomic mass is 19.1. The van der Waals surface area contributed by atoms with Crippen LogP contribution in [0.2, 0.25) is 0 Å². The molecule has 2 aliphatic rings. The summed E-state index contributed by atoms with van der Waals surface area (Å²) in [6, 6.07) is 13.6. The summed E-state index contributed by atoms with van der Waals surface area (Å²) in [6.45, 7) is 2.01. The van der Waals surface area contributed by atoms with Gasteiger partial charge >= 0.3 is 6.03 Å². The zero-order chi connectivity index (χ0) is 20.4. The first kappa shape index (κ1) is 19.4. The van der Waals surface area contributed by atoms with Crippen LogP contribution >= 0.6 is 0 Å². The standard InChI is InChI=1S/C23H26FN3O2/c1-15-8-10-18(11-9-15)26-23(29)27-20-6-3-7-21(27)14-19(13-20)25-22(28)16-4-2-5-17(24)12-16/h2,4-5,8-12,19-21H,3,6-7,13-14H2,1H3,(H,25,28)(H,26,29)/t19?,20-,21+. The highest BCUT2D eigenvalue weighted by molar-refractivity contribution is 5.94. The van der Waals surface area contributed by atoms with Crippen LogP contribution in [0.5, 0.6) is 0 Å². The molecule has 0 aromatic heterocycles. The van der Waals surface area contributed by atoms with Crippen molar-refractivity contribution in [2.75, 3.05) is 5.32 Å². The van der Waals surface area contributed by atoms with E-state index in [9.17, 15) is 14.0 Å².